The highest BCUT2D eigenvalue weighted by Crippen LogP contribution is 2.37. The van der Waals surface area contributed by atoms with Gasteiger partial charge in [-0.3, -0.25) is 0 Å². The van der Waals surface area contributed by atoms with E-state index in [1.807, 2.05) is 76.2 Å². The maximum atomic E-state index is 6.10. The molecule has 0 saturated carbocycles. The molecule has 0 bridgehead atoms. The van der Waals surface area contributed by atoms with Crippen LogP contribution < -0.4 is 14.9 Å². The first-order chi connectivity index (χ1) is 11.8. The lowest BCUT2D eigenvalue weighted by Gasteiger charge is -2.32. The Morgan fingerprint density at radius 2 is 1.52 bits per heavy atom. The second-order valence-corrected chi connectivity index (χ2v) is 7.27. The van der Waals surface area contributed by atoms with Gasteiger partial charge in [0.2, 0.25) is 0 Å². The minimum atomic E-state index is -0.415. The summed E-state index contributed by atoms with van der Waals surface area (Å²) in [4.78, 5) is 0. The van der Waals surface area contributed by atoms with Crippen LogP contribution in [0.15, 0.2) is 48.5 Å². The minimum Gasteiger partial charge on any atom is -0.493 e. The smallest absolute Gasteiger partial charge is 0.493 e. The van der Waals surface area contributed by atoms with Gasteiger partial charge in [0, 0.05) is 0 Å². The first kappa shape index (κ1) is 17.8. The van der Waals surface area contributed by atoms with Gasteiger partial charge in [0.25, 0.3) is 0 Å². The molecule has 0 radical (unpaired) electrons. The van der Waals surface area contributed by atoms with Gasteiger partial charge in [-0.1, -0.05) is 36.4 Å². The molecule has 1 aliphatic heterocycles. The zero-order chi connectivity index (χ0) is 18.1. The van der Waals surface area contributed by atoms with Gasteiger partial charge in [0.1, 0.15) is 6.61 Å². The van der Waals surface area contributed by atoms with Crippen molar-refractivity contribution in [3.8, 4) is 11.5 Å². The van der Waals surface area contributed by atoms with Crippen LogP contribution in [0.3, 0.4) is 0 Å². The SMILES string of the molecule is COc1cc(B2OC(C)(C)C(C)(C)O2)ccc1OCc1ccccc1. The average Bonchev–Trinajstić information content (AvgIpc) is 2.81. The number of ether oxygens (including phenoxy) is 2. The van der Waals surface area contributed by atoms with E-state index in [9.17, 15) is 0 Å². The molecule has 1 aliphatic rings. The third kappa shape index (κ3) is 3.67. The lowest BCUT2D eigenvalue weighted by molar-refractivity contribution is 0.00578. The molecule has 2 aromatic rings. The normalized spacial score (nSPS) is 18.2. The molecule has 0 aliphatic carbocycles. The topological polar surface area (TPSA) is 36.9 Å². The highest BCUT2D eigenvalue weighted by molar-refractivity contribution is 6.62. The number of rotatable bonds is 5. The van der Waals surface area contributed by atoms with Gasteiger partial charge in [-0.15, -0.1) is 0 Å². The van der Waals surface area contributed by atoms with Crippen LogP contribution in [0, 0.1) is 0 Å². The maximum absolute atomic E-state index is 6.10. The molecule has 3 rings (SSSR count). The standard InChI is InChI=1S/C20H25BO4/c1-19(2)20(3,4)25-21(24-19)16-11-12-17(18(13-16)22-5)23-14-15-9-7-6-8-10-15/h6-13H,14H2,1-5H3. The van der Waals surface area contributed by atoms with Crippen LogP contribution in [0.1, 0.15) is 33.3 Å². The Bertz CT molecular complexity index is 712. The average molecular weight is 340 g/mol. The number of hydrogen-bond donors (Lipinski definition) is 0. The predicted octanol–water partition coefficient (Wildman–Crippen LogP) is 3.57. The van der Waals surface area contributed by atoms with Crippen LogP contribution in [0.25, 0.3) is 0 Å². The Morgan fingerprint density at radius 1 is 0.880 bits per heavy atom. The van der Waals surface area contributed by atoms with E-state index in [0.717, 1.165) is 11.0 Å². The van der Waals surface area contributed by atoms with E-state index in [0.29, 0.717) is 18.1 Å². The molecule has 5 heteroatoms. The summed E-state index contributed by atoms with van der Waals surface area (Å²) in [6, 6.07) is 15.8. The van der Waals surface area contributed by atoms with Crippen LogP contribution in [0.2, 0.25) is 0 Å². The fourth-order valence-corrected chi connectivity index (χ4v) is 2.66. The molecule has 1 saturated heterocycles. The largest absolute Gasteiger partial charge is 0.494 e. The van der Waals surface area contributed by atoms with Crippen LogP contribution >= 0.6 is 0 Å². The molecule has 0 aromatic heterocycles. The lowest BCUT2D eigenvalue weighted by Crippen LogP contribution is -2.41. The van der Waals surface area contributed by atoms with Crippen LogP contribution in [-0.4, -0.2) is 25.4 Å². The maximum Gasteiger partial charge on any atom is 0.494 e. The molecule has 25 heavy (non-hydrogen) atoms. The van der Waals surface area contributed by atoms with Crippen molar-refractivity contribution in [3.05, 3.63) is 54.1 Å². The van der Waals surface area contributed by atoms with E-state index in [1.54, 1.807) is 7.11 Å². The Balaban J connectivity index is 1.76. The molecule has 0 unspecified atom stereocenters. The molecule has 0 spiro atoms. The zero-order valence-electron chi connectivity index (χ0n) is 15.5. The van der Waals surface area contributed by atoms with E-state index in [-0.39, 0.29) is 11.2 Å². The number of hydrogen-bond acceptors (Lipinski definition) is 4. The van der Waals surface area contributed by atoms with Crippen molar-refractivity contribution in [2.75, 3.05) is 7.11 Å². The number of benzene rings is 2. The molecule has 0 atom stereocenters. The van der Waals surface area contributed by atoms with Gasteiger partial charge in [-0.05, 0) is 50.9 Å². The summed E-state index contributed by atoms with van der Waals surface area (Å²) in [6.45, 7) is 8.67. The van der Waals surface area contributed by atoms with E-state index in [2.05, 4.69) is 0 Å². The van der Waals surface area contributed by atoms with Gasteiger partial charge < -0.3 is 18.8 Å². The molecular weight excluding hydrogens is 315 g/mol. The summed E-state index contributed by atoms with van der Waals surface area (Å²) in [6.07, 6.45) is 0. The van der Waals surface area contributed by atoms with Crippen molar-refractivity contribution in [1.82, 2.24) is 0 Å². The summed E-state index contributed by atoms with van der Waals surface area (Å²) in [7, 11) is 1.22. The molecule has 0 N–H and O–H groups in total. The van der Waals surface area contributed by atoms with Gasteiger partial charge in [-0.2, -0.15) is 0 Å². The molecule has 4 nitrogen and oxygen atoms in total. The summed E-state index contributed by atoms with van der Waals surface area (Å²) in [5, 5.41) is 0. The first-order valence-corrected chi connectivity index (χ1v) is 8.53. The Hall–Kier alpha value is -1.98. The van der Waals surface area contributed by atoms with Crippen molar-refractivity contribution >= 4 is 12.6 Å². The molecule has 132 valence electrons. The summed E-state index contributed by atoms with van der Waals surface area (Å²) in [5.74, 6) is 1.37. The summed E-state index contributed by atoms with van der Waals surface area (Å²) >= 11 is 0. The molecule has 1 fully saturated rings. The number of methoxy groups -OCH3 is 1. The summed E-state index contributed by atoms with van der Waals surface area (Å²) in [5.41, 5.74) is 1.29. The summed E-state index contributed by atoms with van der Waals surface area (Å²) < 4.78 is 23.6. The van der Waals surface area contributed by atoms with E-state index >= 15 is 0 Å². The lowest BCUT2D eigenvalue weighted by atomic mass is 9.79. The van der Waals surface area contributed by atoms with Crippen molar-refractivity contribution in [1.29, 1.82) is 0 Å². The fourth-order valence-electron chi connectivity index (χ4n) is 2.66. The highest BCUT2D eigenvalue weighted by Gasteiger charge is 2.51. The molecule has 1 heterocycles. The Morgan fingerprint density at radius 3 is 2.12 bits per heavy atom. The van der Waals surface area contributed by atoms with Crippen LogP contribution in [0.5, 0.6) is 11.5 Å². The monoisotopic (exact) mass is 340 g/mol. The fraction of sp³-hybridized carbons (Fsp3) is 0.400. The van der Waals surface area contributed by atoms with Crippen LogP contribution in [0.4, 0.5) is 0 Å². The van der Waals surface area contributed by atoms with E-state index in [1.165, 1.54) is 0 Å². The van der Waals surface area contributed by atoms with Crippen LogP contribution in [-0.2, 0) is 15.9 Å². The van der Waals surface area contributed by atoms with Crippen molar-refractivity contribution in [3.63, 3.8) is 0 Å². The Labute approximate surface area is 150 Å². The zero-order valence-corrected chi connectivity index (χ0v) is 15.5. The molecule has 0 amide bonds. The Kier molecular flexibility index (Phi) is 4.80. The minimum absolute atomic E-state index is 0.368. The second-order valence-electron chi connectivity index (χ2n) is 7.27. The molecule has 2 aromatic carbocycles. The first-order valence-electron chi connectivity index (χ1n) is 8.53. The van der Waals surface area contributed by atoms with Gasteiger partial charge in [0.05, 0.1) is 18.3 Å². The van der Waals surface area contributed by atoms with Gasteiger partial charge >= 0.3 is 7.12 Å². The van der Waals surface area contributed by atoms with E-state index in [4.69, 9.17) is 18.8 Å². The van der Waals surface area contributed by atoms with Gasteiger partial charge in [0.15, 0.2) is 11.5 Å². The third-order valence-electron chi connectivity index (χ3n) is 4.95. The second kappa shape index (κ2) is 6.73. The third-order valence-corrected chi connectivity index (χ3v) is 4.95. The highest BCUT2D eigenvalue weighted by atomic mass is 16.7. The molecular formula is C20H25BO4. The van der Waals surface area contributed by atoms with Crippen molar-refractivity contribution in [2.24, 2.45) is 0 Å². The van der Waals surface area contributed by atoms with E-state index < -0.39 is 7.12 Å². The van der Waals surface area contributed by atoms with Gasteiger partial charge in [-0.25, -0.2) is 0 Å². The quantitative estimate of drug-likeness (QED) is 0.780. The predicted molar refractivity (Wildman–Crippen MR) is 99.5 cm³/mol. The van der Waals surface area contributed by atoms with Crippen molar-refractivity contribution < 1.29 is 18.8 Å². The van der Waals surface area contributed by atoms with Crippen molar-refractivity contribution in [2.45, 2.75) is 45.5 Å².